The number of benzene rings is 1. The van der Waals surface area contributed by atoms with Crippen LogP contribution in [0.1, 0.15) is 25.8 Å². The van der Waals surface area contributed by atoms with E-state index < -0.39 is 0 Å². The second-order valence-electron chi connectivity index (χ2n) is 4.24. The zero-order valence-corrected chi connectivity index (χ0v) is 10.9. The second kappa shape index (κ2) is 6.05. The molecule has 0 bridgehead atoms. The van der Waals surface area contributed by atoms with E-state index in [0.717, 1.165) is 12.1 Å². The standard InChI is InChI=1S/C13H19N3O2/c1-4-9(2)13(17)16(3)11-7-5-6-10(8-11)12(14)15-18/h5-9,18H,4H2,1-3H3,(H2,14,15). The van der Waals surface area contributed by atoms with Gasteiger partial charge in [0.15, 0.2) is 5.84 Å². The van der Waals surface area contributed by atoms with Crippen molar-refractivity contribution >= 4 is 17.4 Å². The zero-order valence-electron chi connectivity index (χ0n) is 10.9. The Balaban J connectivity index is 3.00. The monoisotopic (exact) mass is 249 g/mol. The van der Waals surface area contributed by atoms with E-state index >= 15 is 0 Å². The van der Waals surface area contributed by atoms with Crippen LogP contribution in [0.25, 0.3) is 0 Å². The first-order chi connectivity index (χ1) is 8.51. The highest BCUT2D eigenvalue weighted by Crippen LogP contribution is 2.18. The molecule has 0 aliphatic carbocycles. The minimum atomic E-state index is -0.0255. The van der Waals surface area contributed by atoms with Crippen molar-refractivity contribution in [2.75, 3.05) is 11.9 Å². The molecule has 98 valence electrons. The minimum Gasteiger partial charge on any atom is -0.409 e. The highest BCUT2D eigenvalue weighted by Gasteiger charge is 2.17. The summed E-state index contributed by atoms with van der Waals surface area (Å²) in [4.78, 5) is 13.6. The van der Waals surface area contributed by atoms with Gasteiger partial charge in [0.05, 0.1) is 0 Å². The summed E-state index contributed by atoms with van der Waals surface area (Å²) in [6, 6.07) is 7.02. The van der Waals surface area contributed by atoms with E-state index in [2.05, 4.69) is 5.16 Å². The van der Waals surface area contributed by atoms with Crippen LogP contribution in [0.3, 0.4) is 0 Å². The number of rotatable bonds is 4. The van der Waals surface area contributed by atoms with E-state index in [-0.39, 0.29) is 17.7 Å². The van der Waals surface area contributed by atoms with Crippen LogP contribution in [0.4, 0.5) is 5.69 Å². The lowest BCUT2D eigenvalue weighted by Gasteiger charge is -2.21. The smallest absolute Gasteiger partial charge is 0.229 e. The molecule has 0 aliphatic heterocycles. The number of amidine groups is 1. The Morgan fingerprint density at radius 3 is 2.78 bits per heavy atom. The molecule has 1 aromatic rings. The number of carbonyl (C=O) groups excluding carboxylic acids is 1. The van der Waals surface area contributed by atoms with Gasteiger partial charge in [0.2, 0.25) is 5.91 Å². The van der Waals surface area contributed by atoms with Crippen molar-refractivity contribution in [3.8, 4) is 0 Å². The lowest BCUT2D eigenvalue weighted by atomic mass is 10.1. The summed E-state index contributed by atoms with van der Waals surface area (Å²) in [5.74, 6) is 0.0536. The third-order valence-corrected chi connectivity index (χ3v) is 3.00. The quantitative estimate of drug-likeness (QED) is 0.369. The topological polar surface area (TPSA) is 78.9 Å². The molecule has 0 spiro atoms. The zero-order chi connectivity index (χ0) is 13.7. The molecular formula is C13H19N3O2. The first-order valence-electron chi connectivity index (χ1n) is 5.86. The fourth-order valence-corrected chi connectivity index (χ4v) is 1.56. The average Bonchev–Trinajstić information content (AvgIpc) is 2.43. The molecule has 1 amide bonds. The molecule has 0 aliphatic rings. The van der Waals surface area contributed by atoms with E-state index in [0.29, 0.717) is 5.56 Å². The third kappa shape index (κ3) is 3.00. The van der Waals surface area contributed by atoms with Gasteiger partial charge in [-0.3, -0.25) is 4.79 Å². The molecule has 0 fully saturated rings. The number of hydrogen-bond donors (Lipinski definition) is 2. The number of hydrogen-bond acceptors (Lipinski definition) is 3. The molecule has 1 unspecified atom stereocenters. The van der Waals surface area contributed by atoms with Gasteiger partial charge in [-0.2, -0.15) is 0 Å². The number of oxime groups is 1. The van der Waals surface area contributed by atoms with Gasteiger partial charge >= 0.3 is 0 Å². The molecule has 1 atom stereocenters. The summed E-state index contributed by atoms with van der Waals surface area (Å²) in [7, 11) is 1.72. The number of nitrogens with two attached hydrogens (primary N) is 1. The van der Waals surface area contributed by atoms with Gasteiger partial charge in [-0.15, -0.1) is 0 Å². The Hall–Kier alpha value is -2.04. The maximum absolute atomic E-state index is 12.0. The maximum Gasteiger partial charge on any atom is 0.229 e. The van der Waals surface area contributed by atoms with Crippen LogP contribution in [-0.2, 0) is 4.79 Å². The minimum absolute atomic E-state index is 0.0255. The van der Waals surface area contributed by atoms with E-state index in [1.54, 1.807) is 30.1 Å². The molecule has 0 saturated heterocycles. The van der Waals surface area contributed by atoms with Crippen LogP contribution >= 0.6 is 0 Å². The molecule has 18 heavy (non-hydrogen) atoms. The van der Waals surface area contributed by atoms with Crippen molar-refractivity contribution in [1.82, 2.24) is 0 Å². The predicted molar refractivity (Wildman–Crippen MR) is 71.8 cm³/mol. The largest absolute Gasteiger partial charge is 0.409 e. The van der Waals surface area contributed by atoms with Gasteiger partial charge in [0, 0.05) is 24.2 Å². The summed E-state index contributed by atoms with van der Waals surface area (Å²) in [6.45, 7) is 3.87. The van der Waals surface area contributed by atoms with Crippen LogP contribution in [0.15, 0.2) is 29.4 Å². The lowest BCUT2D eigenvalue weighted by Crippen LogP contribution is -2.31. The van der Waals surface area contributed by atoms with Gasteiger partial charge in [-0.05, 0) is 18.6 Å². The lowest BCUT2D eigenvalue weighted by molar-refractivity contribution is -0.121. The Morgan fingerprint density at radius 1 is 1.56 bits per heavy atom. The van der Waals surface area contributed by atoms with Crippen molar-refractivity contribution in [3.63, 3.8) is 0 Å². The van der Waals surface area contributed by atoms with E-state index in [1.807, 2.05) is 19.9 Å². The predicted octanol–water partition coefficient (Wildman–Crippen LogP) is 1.79. The molecule has 1 aromatic carbocycles. The normalized spacial score (nSPS) is 13.2. The molecule has 0 heterocycles. The maximum atomic E-state index is 12.0. The van der Waals surface area contributed by atoms with Crippen molar-refractivity contribution in [1.29, 1.82) is 0 Å². The van der Waals surface area contributed by atoms with Gasteiger partial charge in [0.25, 0.3) is 0 Å². The molecular weight excluding hydrogens is 230 g/mol. The summed E-state index contributed by atoms with van der Waals surface area (Å²) in [5, 5.41) is 11.6. The van der Waals surface area contributed by atoms with Gasteiger partial charge in [0.1, 0.15) is 0 Å². The molecule has 5 heteroatoms. The van der Waals surface area contributed by atoms with E-state index in [4.69, 9.17) is 10.9 Å². The van der Waals surface area contributed by atoms with Gasteiger partial charge in [-0.25, -0.2) is 0 Å². The van der Waals surface area contributed by atoms with Crippen LogP contribution in [0, 0.1) is 5.92 Å². The van der Waals surface area contributed by atoms with Crippen LogP contribution in [0.2, 0.25) is 0 Å². The Bertz CT molecular complexity index is 457. The van der Waals surface area contributed by atoms with Crippen molar-refractivity contribution in [2.24, 2.45) is 16.8 Å². The fraction of sp³-hybridized carbons (Fsp3) is 0.385. The molecule has 1 rings (SSSR count). The summed E-state index contributed by atoms with van der Waals surface area (Å²) in [5.41, 5.74) is 6.83. The molecule has 5 nitrogen and oxygen atoms in total. The number of amides is 1. The highest BCUT2D eigenvalue weighted by atomic mass is 16.4. The summed E-state index contributed by atoms with van der Waals surface area (Å²) in [6.07, 6.45) is 0.795. The number of nitrogens with zero attached hydrogens (tertiary/aromatic N) is 2. The van der Waals surface area contributed by atoms with Crippen molar-refractivity contribution in [2.45, 2.75) is 20.3 Å². The Morgan fingerprint density at radius 2 is 2.22 bits per heavy atom. The number of anilines is 1. The van der Waals surface area contributed by atoms with Crippen LogP contribution in [0.5, 0.6) is 0 Å². The highest BCUT2D eigenvalue weighted by molar-refractivity contribution is 6.00. The van der Waals surface area contributed by atoms with Crippen LogP contribution in [-0.4, -0.2) is 24.0 Å². The average molecular weight is 249 g/mol. The van der Waals surface area contributed by atoms with Gasteiger partial charge < -0.3 is 15.8 Å². The van der Waals surface area contributed by atoms with Gasteiger partial charge in [-0.1, -0.05) is 31.1 Å². The molecule has 0 saturated carbocycles. The first kappa shape index (κ1) is 14.0. The Kier molecular flexibility index (Phi) is 4.71. The van der Waals surface area contributed by atoms with Crippen molar-refractivity contribution < 1.29 is 10.0 Å². The fourth-order valence-electron chi connectivity index (χ4n) is 1.56. The molecule has 0 aromatic heterocycles. The summed E-state index contributed by atoms with van der Waals surface area (Å²) >= 11 is 0. The van der Waals surface area contributed by atoms with E-state index in [1.165, 1.54) is 0 Å². The first-order valence-corrected chi connectivity index (χ1v) is 5.86. The van der Waals surface area contributed by atoms with Crippen molar-refractivity contribution in [3.05, 3.63) is 29.8 Å². The second-order valence-corrected chi connectivity index (χ2v) is 4.24. The van der Waals surface area contributed by atoms with Crippen LogP contribution < -0.4 is 10.6 Å². The molecule has 0 radical (unpaired) electrons. The summed E-state index contributed by atoms with van der Waals surface area (Å²) < 4.78 is 0. The Labute approximate surface area is 107 Å². The third-order valence-electron chi connectivity index (χ3n) is 3.00. The number of carbonyl (C=O) groups is 1. The van der Waals surface area contributed by atoms with E-state index in [9.17, 15) is 4.79 Å². The molecule has 3 N–H and O–H groups in total. The SMILES string of the molecule is CCC(C)C(=O)N(C)c1cccc(C(N)=NO)c1.